The molecule has 1 fully saturated rings. The van der Waals surface area contributed by atoms with Gasteiger partial charge in [0, 0.05) is 17.1 Å². The molecular weight excluding hydrogens is 396 g/mol. The minimum atomic E-state index is -0.241. The molecule has 1 aliphatic carbocycles. The zero-order valence-corrected chi connectivity index (χ0v) is 16.6. The molecule has 0 spiro atoms. The Bertz CT molecular complexity index is 427. The molecule has 21 heavy (non-hydrogen) atoms. The van der Waals surface area contributed by atoms with E-state index in [4.69, 9.17) is 4.74 Å². The van der Waals surface area contributed by atoms with Crippen LogP contribution in [0.4, 0.5) is 0 Å². The number of allylic oxidation sites excluding steroid dienone is 2. The second-order valence-corrected chi connectivity index (χ2v) is 8.23. The quantitative estimate of drug-likeness (QED) is 0.337. The molecule has 3 atom stereocenters. The molecular formula is C17H26Br2O2. The van der Waals surface area contributed by atoms with Crippen molar-refractivity contribution in [2.24, 2.45) is 11.3 Å². The molecule has 4 heteroatoms. The second kappa shape index (κ2) is 7.96. The van der Waals surface area contributed by atoms with Crippen LogP contribution in [0.5, 0.6) is 0 Å². The lowest BCUT2D eigenvalue weighted by atomic mass is 9.65. The van der Waals surface area contributed by atoms with E-state index in [0.717, 1.165) is 24.8 Å². The molecule has 1 aliphatic rings. The molecule has 0 bridgehead atoms. The van der Waals surface area contributed by atoms with E-state index in [1.54, 1.807) is 0 Å². The Hall–Kier alpha value is -0.0900. The minimum Gasteiger partial charge on any atom is -0.457 e. The van der Waals surface area contributed by atoms with Crippen LogP contribution in [-0.4, -0.2) is 22.2 Å². The second-order valence-electron chi connectivity index (χ2n) is 6.47. The summed E-state index contributed by atoms with van der Waals surface area (Å²) in [5.74, 6) is 0.217. The van der Waals surface area contributed by atoms with Gasteiger partial charge in [0.15, 0.2) is 0 Å². The zero-order chi connectivity index (χ0) is 16.2. The van der Waals surface area contributed by atoms with Crippen molar-refractivity contribution in [2.45, 2.75) is 57.9 Å². The van der Waals surface area contributed by atoms with Gasteiger partial charge in [-0.3, -0.25) is 4.79 Å². The summed E-state index contributed by atoms with van der Waals surface area (Å²) in [5.41, 5.74) is 2.63. The molecule has 2 nitrogen and oxygen atoms in total. The summed E-state index contributed by atoms with van der Waals surface area (Å²) in [6.45, 7) is 12.4. The van der Waals surface area contributed by atoms with Crippen LogP contribution in [0.2, 0.25) is 0 Å². The van der Waals surface area contributed by atoms with Gasteiger partial charge in [-0.25, -0.2) is 0 Å². The Balaban J connectivity index is 2.80. The summed E-state index contributed by atoms with van der Waals surface area (Å²) < 4.78 is 5.32. The average Bonchev–Trinajstić information content (AvgIpc) is 2.39. The first-order valence-electron chi connectivity index (χ1n) is 7.41. The predicted molar refractivity (Wildman–Crippen MR) is 96.1 cm³/mol. The van der Waals surface area contributed by atoms with E-state index < -0.39 is 0 Å². The van der Waals surface area contributed by atoms with Gasteiger partial charge in [-0.1, -0.05) is 63.9 Å². The summed E-state index contributed by atoms with van der Waals surface area (Å²) in [4.78, 5) is 11.7. The van der Waals surface area contributed by atoms with E-state index in [-0.39, 0.29) is 17.5 Å². The van der Waals surface area contributed by atoms with E-state index in [1.807, 2.05) is 6.92 Å². The average molecular weight is 422 g/mol. The van der Waals surface area contributed by atoms with Crippen molar-refractivity contribution in [2.75, 3.05) is 5.33 Å². The predicted octanol–water partition coefficient (Wildman–Crippen LogP) is 5.41. The molecule has 0 heterocycles. The monoisotopic (exact) mass is 420 g/mol. The third-order valence-electron chi connectivity index (χ3n) is 4.55. The van der Waals surface area contributed by atoms with Crippen molar-refractivity contribution in [3.8, 4) is 0 Å². The van der Waals surface area contributed by atoms with Gasteiger partial charge in [0.25, 0.3) is 0 Å². The highest BCUT2D eigenvalue weighted by atomic mass is 79.9. The van der Waals surface area contributed by atoms with Crippen molar-refractivity contribution in [3.63, 3.8) is 0 Å². The Morgan fingerprint density at radius 3 is 2.67 bits per heavy atom. The molecule has 0 radical (unpaired) electrons. The van der Waals surface area contributed by atoms with Gasteiger partial charge in [-0.05, 0) is 43.1 Å². The van der Waals surface area contributed by atoms with E-state index in [9.17, 15) is 4.79 Å². The number of esters is 1. The Labute approximate surface area is 145 Å². The van der Waals surface area contributed by atoms with E-state index in [2.05, 4.69) is 58.4 Å². The normalized spacial score (nSPS) is 27.3. The molecule has 0 aliphatic heterocycles. The van der Waals surface area contributed by atoms with E-state index >= 15 is 0 Å². The first-order valence-corrected chi connectivity index (χ1v) is 9.45. The van der Waals surface area contributed by atoms with Crippen LogP contribution in [-0.2, 0) is 9.53 Å². The third-order valence-corrected chi connectivity index (χ3v) is 6.77. The number of hydrogen-bond acceptors (Lipinski definition) is 2. The van der Waals surface area contributed by atoms with Gasteiger partial charge in [-0.15, -0.1) is 0 Å². The molecule has 0 saturated heterocycles. The molecule has 0 N–H and O–H groups in total. The van der Waals surface area contributed by atoms with Crippen LogP contribution < -0.4 is 0 Å². The van der Waals surface area contributed by atoms with Crippen molar-refractivity contribution in [3.05, 3.63) is 23.8 Å². The van der Waals surface area contributed by atoms with Gasteiger partial charge in [0.05, 0.1) is 0 Å². The smallest absolute Gasteiger partial charge is 0.303 e. The van der Waals surface area contributed by atoms with Crippen molar-refractivity contribution in [1.29, 1.82) is 0 Å². The highest BCUT2D eigenvalue weighted by Gasteiger charge is 2.40. The lowest BCUT2D eigenvalue weighted by Gasteiger charge is -2.44. The Morgan fingerprint density at radius 1 is 1.52 bits per heavy atom. The van der Waals surface area contributed by atoms with Crippen LogP contribution >= 0.6 is 31.9 Å². The Morgan fingerprint density at radius 2 is 2.14 bits per heavy atom. The number of hydrogen-bond donors (Lipinski definition) is 0. The molecule has 0 aromatic rings. The highest BCUT2D eigenvalue weighted by molar-refractivity contribution is 9.09. The van der Waals surface area contributed by atoms with Gasteiger partial charge >= 0.3 is 5.97 Å². The number of halogens is 2. The third kappa shape index (κ3) is 4.95. The van der Waals surface area contributed by atoms with Crippen molar-refractivity contribution < 1.29 is 9.53 Å². The minimum absolute atomic E-state index is 0.178. The molecule has 0 unspecified atom stereocenters. The van der Waals surface area contributed by atoms with Crippen LogP contribution in [0.25, 0.3) is 0 Å². The molecule has 0 aromatic heterocycles. The fourth-order valence-electron chi connectivity index (χ4n) is 2.95. The van der Waals surface area contributed by atoms with Crippen LogP contribution in [0.3, 0.4) is 0 Å². The molecule has 0 amide bonds. The van der Waals surface area contributed by atoms with Gasteiger partial charge in [-0.2, -0.15) is 0 Å². The summed E-state index contributed by atoms with van der Waals surface area (Å²) in [6, 6.07) is 0. The summed E-state index contributed by atoms with van der Waals surface area (Å²) in [7, 11) is 0. The van der Waals surface area contributed by atoms with Gasteiger partial charge < -0.3 is 4.74 Å². The molecule has 1 saturated carbocycles. The fraction of sp³-hybridized carbons (Fsp3) is 0.706. The summed E-state index contributed by atoms with van der Waals surface area (Å²) in [6.07, 6.45) is 5.22. The van der Waals surface area contributed by atoms with Crippen molar-refractivity contribution >= 4 is 37.8 Å². The topological polar surface area (TPSA) is 26.3 Å². The number of carbonyl (C=O) groups is 1. The van der Waals surface area contributed by atoms with Crippen LogP contribution in [0.15, 0.2) is 23.8 Å². The maximum Gasteiger partial charge on any atom is 0.303 e. The number of ether oxygens (including phenoxy) is 1. The fourth-order valence-corrected chi connectivity index (χ4v) is 4.15. The van der Waals surface area contributed by atoms with Gasteiger partial charge in [0.2, 0.25) is 0 Å². The highest BCUT2D eigenvalue weighted by Crippen LogP contribution is 2.48. The molecule has 1 rings (SSSR count). The number of rotatable bonds is 5. The van der Waals surface area contributed by atoms with E-state index in [0.29, 0.717) is 16.1 Å². The van der Waals surface area contributed by atoms with Crippen LogP contribution in [0.1, 0.15) is 47.0 Å². The van der Waals surface area contributed by atoms with E-state index in [1.165, 1.54) is 12.5 Å². The SMILES string of the molecule is C=C1CC[C@H](Br)C(C)(C)[C@@H]1C/C=C(/C)[C@H](CBr)OC(C)=O. The number of alkyl halides is 2. The summed E-state index contributed by atoms with van der Waals surface area (Å²) in [5, 5.41) is 0.630. The van der Waals surface area contributed by atoms with Crippen molar-refractivity contribution in [1.82, 2.24) is 0 Å². The first-order chi connectivity index (χ1) is 9.70. The lowest BCUT2D eigenvalue weighted by molar-refractivity contribution is -0.143. The largest absolute Gasteiger partial charge is 0.457 e. The van der Waals surface area contributed by atoms with Gasteiger partial charge in [0.1, 0.15) is 6.10 Å². The number of carbonyl (C=O) groups excluding carboxylic acids is 1. The maximum absolute atomic E-state index is 11.1. The first kappa shape index (κ1) is 19.0. The molecule has 0 aromatic carbocycles. The lowest BCUT2D eigenvalue weighted by Crippen LogP contribution is -2.38. The summed E-state index contributed by atoms with van der Waals surface area (Å²) >= 11 is 7.23. The maximum atomic E-state index is 11.1. The van der Waals surface area contributed by atoms with Crippen LogP contribution in [0, 0.1) is 11.3 Å². The molecule has 120 valence electrons. The Kier molecular flexibility index (Phi) is 7.18. The zero-order valence-electron chi connectivity index (χ0n) is 13.4. The standard InChI is InChI=1S/C17H26Br2O2/c1-11-7-9-16(19)17(4,5)14(11)8-6-12(2)15(10-18)21-13(3)20/h6,14-16H,1,7-10H2,2-5H3/b12-6-/t14-,15+,16+/m1/s1.